The van der Waals surface area contributed by atoms with Crippen molar-refractivity contribution in [2.24, 2.45) is 5.41 Å². The molecule has 0 aromatic carbocycles. The number of hydrogen-bond acceptors (Lipinski definition) is 1. The topological polar surface area (TPSA) is 3.24 Å². The zero-order valence-electron chi connectivity index (χ0n) is 8.27. The van der Waals surface area contributed by atoms with Crippen LogP contribution in [0.4, 0.5) is 4.39 Å². The van der Waals surface area contributed by atoms with Gasteiger partial charge in [0, 0.05) is 6.54 Å². The minimum atomic E-state index is -0.192. The summed E-state index contributed by atoms with van der Waals surface area (Å²) < 4.78 is 12.0. The van der Waals surface area contributed by atoms with Crippen LogP contribution in [0.5, 0.6) is 0 Å². The quantitative estimate of drug-likeness (QED) is 0.633. The molecule has 1 aliphatic rings. The summed E-state index contributed by atoms with van der Waals surface area (Å²) in [6.45, 7) is 7.23. The molecule has 0 N–H and O–H groups in total. The van der Waals surface area contributed by atoms with Crippen LogP contribution in [0.25, 0.3) is 0 Å². The summed E-state index contributed by atoms with van der Waals surface area (Å²) in [4.78, 5) is 2.23. The number of piperidine rings is 1. The summed E-state index contributed by atoms with van der Waals surface area (Å²) in [5.74, 6) is 0. The highest BCUT2D eigenvalue weighted by molar-refractivity contribution is 4.80. The average molecular weight is 173 g/mol. The van der Waals surface area contributed by atoms with Gasteiger partial charge in [-0.05, 0) is 31.3 Å². The highest BCUT2D eigenvalue weighted by Crippen LogP contribution is 2.33. The zero-order valence-corrected chi connectivity index (χ0v) is 8.27. The summed E-state index contributed by atoms with van der Waals surface area (Å²) in [7, 11) is 0. The molecule has 0 radical (unpaired) electrons. The molecule has 1 saturated heterocycles. The number of rotatable bonds is 3. The fourth-order valence-corrected chi connectivity index (χ4v) is 1.79. The van der Waals surface area contributed by atoms with Gasteiger partial charge in [0.2, 0.25) is 0 Å². The minimum absolute atomic E-state index is 0.192. The third-order valence-electron chi connectivity index (χ3n) is 3.32. The van der Waals surface area contributed by atoms with Crippen LogP contribution < -0.4 is 0 Å². The van der Waals surface area contributed by atoms with Gasteiger partial charge in [-0.15, -0.1) is 0 Å². The van der Waals surface area contributed by atoms with Crippen LogP contribution in [-0.4, -0.2) is 31.2 Å². The van der Waals surface area contributed by atoms with E-state index in [-0.39, 0.29) is 6.67 Å². The summed E-state index contributed by atoms with van der Waals surface area (Å²) in [5, 5.41) is 0. The standard InChI is InChI=1S/C10H20FN/c1-3-10(2)4-7-12(8-5-10)9-6-11/h3-9H2,1-2H3. The smallest absolute Gasteiger partial charge is 0.102 e. The Bertz CT molecular complexity index is 128. The predicted molar refractivity (Wildman–Crippen MR) is 50.0 cm³/mol. The van der Waals surface area contributed by atoms with Crippen LogP contribution in [0.3, 0.4) is 0 Å². The summed E-state index contributed by atoms with van der Waals surface area (Å²) in [6.07, 6.45) is 3.74. The molecule has 0 unspecified atom stereocenters. The molecule has 1 nitrogen and oxygen atoms in total. The second-order valence-electron chi connectivity index (χ2n) is 4.19. The molecule has 0 spiro atoms. The first-order valence-corrected chi connectivity index (χ1v) is 4.98. The lowest BCUT2D eigenvalue weighted by molar-refractivity contribution is 0.109. The Balaban J connectivity index is 2.29. The first-order chi connectivity index (χ1) is 5.70. The van der Waals surface area contributed by atoms with Crippen LogP contribution in [0.15, 0.2) is 0 Å². The lowest BCUT2D eigenvalue weighted by Crippen LogP contribution is -2.39. The van der Waals surface area contributed by atoms with Crippen molar-refractivity contribution in [1.29, 1.82) is 0 Å². The van der Waals surface area contributed by atoms with Crippen molar-refractivity contribution in [2.45, 2.75) is 33.1 Å². The van der Waals surface area contributed by atoms with E-state index in [0.29, 0.717) is 12.0 Å². The number of halogens is 1. The molecule has 1 rings (SSSR count). The summed E-state index contributed by atoms with van der Waals surface area (Å²) in [5.41, 5.74) is 0.535. The van der Waals surface area contributed by atoms with Crippen LogP contribution in [-0.2, 0) is 0 Å². The van der Waals surface area contributed by atoms with E-state index in [4.69, 9.17) is 0 Å². The highest BCUT2D eigenvalue weighted by Gasteiger charge is 2.27. The Hall–Kier alpha value is -0.110. The monoisotopic (exact) mass is 173 g/mol. The van der Waals surface area contributed by atoms with E-state index in [1.165, 1.54) is 19.3 Å². The normalized spacial score (nSPS) is 24.2. The molecule has 1 aliphatic heterocycles. The van der Waals surface area contributed by atoms with Crippen molar-refractivity contribution in [2.75, 3.05) is 26.3 Å². The molecule has 0 saturated carbocycles. The third-order valence-corrected chi connectivity index (χ3v) is 3.32. The van der Waals surface area contributed by atoms with Crippen molar-refractivity contribution in [3.63, 3.8) is 0 Å². The molecule has 0 aromatic rings. The van der Waals surface area contributed by atoms with Gasteiger partial charge in [0.25, 0.3) is 0 Å². The van der Waals surface area contributed by atoms with Gasteiger partial charge in [-0.3, -0.25) is 0 Å². The predicted octanol–water partition coefficient (Wildman–Crippen LogP) is 2.47. The second-order valence-corrected chi connectivity index (χ2v) is 4.19. The van der Waals surface area contributed by atoms with Crippen LogP contribution in [0.1, 0.15) is 33.1 Å². The maximum Gasteiger partial charge on any atom is 0.102 e. The maximum atomic E-state index is 12.0. The molecule has 72 valence electrons. The van der Waals surface area contributed by atoms with Gasteiger partial charge >= 0.3 is 0 Å². The zero-order chi connectivity index (χ0) is 9.03. The Morgan fingerprint density at radius 3 is 2.33 bits per heavy atom. The van der Waals surface area contributed by atoms with Crippen LogP contribution in [0.2, 0.25) is 0 Å². The Labute approximate surface area is 74.9 Å². The average Bonchev–Trinajstić information content (AvgIpc) is 2.10. The molecule has 0 bridgehead atoms. The highest BCUT2D eigenvalue weighted by atomic mass is 19.1. The molecule has 2 heteroatoms. The Morgan fingerprint density at radius 2 is 1.92 bits per heavy atom. The summed E-state index contributed by atoms with van der Waals surface area (Å²) in [6, 6.07) is 0. The Kier molecular flexibility index (Phi) is 3.51. The number of alkyl halides is 1. The summed E-state index contributed by atoms with van der Waals surface area (Å²) >= 11 is 0. The van der Waals surface area contributed by atoms with Gasteiger partial charge in [0.05, 0.1) is 0 Å². The van der Waals surface area contributed by atoms with Gasteiger partial charge in [0.1, 0.15) is 6.67 Å². The van der Waals surface area contributed by atoms with Crippen LogP contribution in [0, 0.1) is 5.41 Å². The third kappa shape index (κ3) is 2.44. The molecular weight excluding hydrogens is 153 g/mol. The van der Waals surface area contributed by atoms with Gasteiger partial charge in [-0.2, -0.15) is 0 Å². The minimum Gasteiger partial charge on any atom is -0.301 e. The number of nitrogens with zero attached hydrogens (tertiary/aromatic N) is 1. The van der Waals surface area contributed by atoms with Crippen molar-refractivity contribution in [3.05, 3.63) is 0 Å². The van der Waals surface area contributed by atoms with E-state index in [1.54, 1.807) is 0 Å². The first kappa shape index (κ1) is 9.97. The van der Waals surface area contributed by atoms with Crippen LogP contribution >= 0.6 is 0 Å². The van der Waals surface area contributed by atoms with Crippen molar-refractivity contribution in [1.82, 2.24) is 4.90 Å². The maximum absolute atomic E-state index is 12.0. The van der Waals surface area contributed by atoms with E-state index in [0.717, 1.165) is 13.1 Å². The van der Waals surface area contributed by atoms with E-state index in [9.17, 15) is 4.39 Å². The van der Waals surface area contributed by atoms with Gasteiger partial charge in [0.15, 0.2) is 0 Å². The van der Waals surface area contributed by atoms with E-state index in [2.05, 4.69) is 18.7 Å². The first-order valence-electron chi connectivity index (χ1n) is 4.98. The molecule has 1 heterocycles. The lowest BCUT2D eigenvalue weighted by Gasteiger charge is -2.38. The van der Waals surface area contributed by atoms with Crippen molar-refractivity contribution >= 4 is 0 Å². The second kappa shape index (κ2) is 4.22. The van der Waals surface area contributed by atoms with Gasteiger partial charge < -0.3 is 4.90 Å². The molecule has 0 amide bonds. The number of hydrogen-bond donors (Lipinski definition) is 0. The molecule has 0 aromatic heterocycles. The van der Waals surface area contributed by atoms with Crippen molar-refractivity contribution in [3.8, 4) is 0 Å². The molecule has 0 atom stereocenters. The molecule has 0 aliphatic carbocycles. The fraction of sp³-hybridized carbons (Fsp3) is 1.00. The fourth-order valence-electron chi connectivity index (χ4n) is 1.79. The Morgan fingerprint density at radius 1 is 1.33 bits per heavy atom. The largest absolute Gasteiger partial charge is 0.301 e. The number of likely N-dealkylation sites (tertiary alicyclic amines) is 1. The van der Waals surface area contributed by atoms with E-state index >= 15 is 0 Å². The van der Waals surface area contributed by atoms with Crippen molar-refractivity contribution < 1.29 is 4.39 Å². The van der Waals surface area contributed by atoms with Gasteiger partial charge in [-0.25, -0.2) is 4.39 Å². The van der Waals surface area contributed by atoms with E-state index in [1.807, 2.05) is 0 Å². The molecular formula is C10H20FN. The van der Waals surface area contributed by atoms with E-state index < -0.39 is 0 Å². The lowest BCUT2D eigenvalue weighted by atomic mass is 9.78. The molecule has 12 heavy (non-hydrogen) atoms. The SMILES string of the molecule is CCC1(C)CCN(CCF)CC1. The molecule has 1 fully saturated rings. The van der Waals surface area contributed by atoms with Gasteiger partial charge in [-0.1, -0.05) is 20.3 Å².